The van der Waals surface area contributed by atoms with E-state index in [-0.39, 0.29) is 5.91 Å². The van der Waals surface area contributed by atoms with Gasteiger partial charge in [0.1, 0.15) is 5.71 Å². The van der Waals surface area contributed by atoms with Gasteiger partial charge in [-0.05, 0) is 38.1 Å². The van der Waals surface area contributed by atoms with Crippen LogP contribution >= 0.6 is 23.2 Å². The van der Waals surface area contributed by atoms with Crippen LogP contribution in [0.3, 0.4) is 0 Å². The van der Waals surface area contributed by atoms with Gasteiger partial charge in [-0.25, -0.2) is 4.99 Å². The molecule has 0 saturated heterocycles. The maximum absolute atomic E-state index is 12.9. The molecule has 24 heavy (non-hydrogen) atoms. The zero-order chi connectivity index (χ0) is 17.3. The van der Waals surface area contributed by atoms with Gasteiger partial charge in [0.2, 0.25) is 0 Å². The van der Waals surface area contributed by atoms with Gasteiger partial charge in [0, 0.05) is 22.2 Å². The van der Waals surface area contributed by atoms with Gasteiger partial charge in [-0.3, -0.25) is 4.79 Å². The molecule has 0 fully saturated rings. The molecule has 1 heterocycles. The molecule has 1 amide bonds. The second-order valence-electron chi connectivity index (χ2n) is 5.63. The van der Waals surface area contributed by atoms with Gasteiger partial charge in [0.25, 0.3) is 5.91 Å². The van der Waals surface area contributed by atoms with Gasteiger partial charge < -0.3 is 4.90 Å². The molecule has 0 bridgehead atoms. The monoisotopic (exact) mass is 358 g/mol. The fraction of sp³-hybridized carbons (Fsp3) is 0.158. The van der Waals surface area contributed by atoms with Crippen molar-refractivity contribution in [2.24, 2.45) is 4.99 Å². The van der Waals surface area contributed by atoms with Crippen LogP contribution < -0.4 is 4.90 Å². The Bertz CT molecular complexity index is 851. The van der Waals surface area contributed by atoms with Crippen molar-refractivity contribution in [3.05, 3.63) is 69.7 Å². The fourth-order valence-corrected chi connectivity index (χ4v) is 3.11. The Kier molecular flexibility index (Phi) is 4.74. The first kappa shape index (κ1) is 16.7. The molecule has 3 nitrogen and oxygen atoms in total. The molecule has 1 aliphatic rings. The molecule has 0 unspecified atom stereocenters. The fourth-order valence-electron chi connectivity index (χ4n) is 2.60. The SMILES string of the molecule is C/C=C(\C)CN1C(=O)C(=Nc2cc(Cl)cc(Cl)c2)c2ccccc21. The smallest absolute Gasteiger partial charge is 0.277 e. The topological polar surface area (TPSA) is 32.7 Å². The van der Waals surface area contributed by atoms with Crippen LogP contribution in [0, 0.1) is 0 Å². The molecule has 3 rings (SSSR count). The summed E-state index contributed by atoms with van der Waals surface area (Å²) in [6.07, 6.45) is 2.00. The van der Waals surface area contributed by atoms with E-state index in [1.807, 2.05) is 44.2 Å². The first-order chi connectivity index (χ1) is 11.5. The summed E-state index contributed by atoms with van der Waals surface area (Å²) < 4.78 is 0. The van der Waals surface area contributed by atoms with Crippen molar-refractivity contribution in [3.8, 4) is 0 Å². The van der Waals surface area contributed by atoms with Gasteiger partial charge in [-0.15, -0.1) is 0 Å². The summed E-state index contributed by atoms with van der Waals surface area (Å²) in [5.74, 6) is -0.117. The molecule has 1 aliphatic heterocycles. The number of amides is 1. The lowest BCUT2D eigenvalue weighted by atomic mass is 10.1. The third-order valence-electron chi connectivity index (χ3n) is 3.89. The number of para-hydroxylation sites is 1. The number of allylic oxidation sites excluding steroid dienone is 1. The quantitative estimate of drug-likeness (QED) is 0.673. The minimum atomic E-state index is -0.117. The van der Waals surface area contributed by atoms with Crippen LogP contribution in [0.1, 0.15) is 19.4 Å². The van der Waals surface area contributed by atoms with E-state index in [1.54, 1.807) is 23.1 Å². The van der Waals surface area contributed by atoms with Crippen molar-refractivity contribution >= 4 is 46.2 Å². The summed E-state index contributed by atoms with van der Waals surface area (Å²) in [4.78, 5) is 19.2. The largest absolute Gasteiger partial charge is 0.302 e. The zero-order valence-corrected chi connectivity index (χ0v) is 14.9. The molecule has 0 spiro atoms. The number of hydrogen-bond donors (Lipinski definition) is 0. The number of carbonyl (C=O) groups excluding carboxylic acids is 1. The maximum atomic E-state index is 12.9. The Hall–Kier alpha value is -2.10. The van der Waals surface area contributed by atoms with Crippen LogP contribution in [0.4, 0.5) is 11.4 Å². The standard InChI is InChI=1S/C19H16Cl2N2O/c1-3-12(2)11-23-17-7-5-4-6-16(17)18(19(23)24)22-15-9-13(20)8-14(21)10-15/h3-10H,11H2,1-2H3/b12-3+,22-18?. The zero-order valence-electron chi connectivity index (χ0n) is 13.4. The van der Waals surface area contributed by atoms with Crippen LogP contribution in [0.2, 0.25) is 10.0 Å². The number of rotatable bonds is 3. The van der Waals surface area contributed by atoms with E-state index in [9.17, 15) is 4.79 Å². The lowest BCUT2D eigenvalue weighted by molar-refractivity contribution is -0.112. The van der Waals surface area contributed by atoms with Crippen molar-refractivity contribution in [2.75, 3.05) is 11.4 Å². The Morgan fingerprint density at radius 1 is 1.17 bits per heavy atom. The second-order valence-corrected chi connectivity index (χ2v) is 6.50. The number of hydrogen-bond acceptors (Lipinski definition) is 2. The van der Waals surface area contributed by atoms with E-state index < -0.39 is 0 Å². The molecule has 0 aliphatic carbocycles. The number of fused-ring (bicyclic) bond motifs is 1. The van der Waals surface area contributed by atoms with E-state index >= 15 is 0 Å². The van der Waals surface area contributed by atoms with Crippen molar-refractivity contribution in [1.29, 1.82) is 0 Å². The summed E-state index contributed by atoms with van der Waals surface area (Å²) in [5.41, 5.74) is 3.78. The minimum Gasteiger partial charge on any atom is -0.302 e. The number of benzene rings is 2. The van der Waals surface area contributed by atoms with E-state index in [0.29, 0.717) is 28.0 Å². The molecular formula is C19H16Cl2N2O. The highest BCUT2D eigenvalue weighted by molar-refractivity contribution is 6.54. The van der Waals surface area contributed by atoms with E-state index in [2.05, 4.69) is 4.99 Å². The molecule has 0 atom stereocenters. The van der Waals surface area contributed by atoms with Crippen molar-refractivity contribution in [1.82, 2.24) is 0 Å². The summed E-state index contributed by atoms with van der Waals surface area (Å²) >= 11 is 12.1. The van der Waals surface area contributed by atoms with Crippen LogP contribution in [0.25, 0.3) is 0 Å². The Morgan fingerprint density at radius 2 is 1.83 bits per heavy atom. The van der Waals surface area contributed by atoms with Crippen molar-refractivity contribution in [3.63, 3.8) is 0 Å². The van der Waals surface area contributed by atoms with Crippen LogP contribution in [-0.2, 0) is 4.79 Å². The summed E-state index contributed by atoms with van der Waals surface area (Å²) in [6, 6.07) is 12.7. The number of anilines is 1. The molecule has 0 radical (unpaired) electrons. The minimum absolute atomic E-state index is 0.117. The summed E-state index contributed by atoms with van der Waals surface area (Å²) in [7, 11) is 0. The normalized spacial score (nSPS) is 16.0. The third-order valence-corrected chi connectivity index (χ3v) is 4.32. The average Bonchev–Trinajstić information content (AvgIpc) is 2.80. The molecular weight excluding hydrogens is 343 g/mol. The summed E-state index contributed by atoms with van der Waals surface area (Å²) in [5, 5.41) is 0.976. The molecule has 0 N–H and O–H groups in total. The average molecular weight is 359 g/mol. The Morgan fingerprint density at radius 3 is 2.50 bits per heavy atom. The molecule has 122 valence electrons. The number of nitrogens with zero attached hydrogens (tertiary/aromatic N) is 2. The predicted molar refractivity (Wildman–Crippen MR) is 101 cm³/mol. The highest BCUT2D eigenvalue weighted by Gasteiger charge is 2.33. The number of halogens is 2. The second kappa shape index (κ2) is 6.80. The lowest BCUT2D eigenvalue weighted by Crippen LogP contribution is -2.31. The van der Waals surface area contributed by atoms with E-state index in [1.165, 1.54) is 0 Å². The van der Waals surface area contributed by atoms with Gasteiger partial charge >= 0.3 is 0 Å². The molecule has 5 heteroatoms. The maximum Gasteiger partial charge on any atom is 0.277 e. The molecule has 0 aromatic heterocycles. The number of aliphatic imine (C=N–C) groups is 1. The van der Waals surface area contributed by atoms with Crippen molar-refractivity contribution in [2.45, 2.75) is 13.8 Å². The van der Waals surface area contributed by atoms with E-state index in [4.69, 9.17) is 23.2 Å². The molecule has 2 aromatic carbocycles. The Balaban J connectivity index is 2.08. The number of carbonyl (C=O) groups is 1. The highest BCUT2D eigenvalue weighted by atomic mass is 35.5. The first-order valence-corrected chi connectivity index (χ1v) is 8.33. The Labute approximate surface area is 151 Å². The van der Waals surface area contributed by atoms with Crippen molar-refractivity contribution < 1.29 is 4.79 Å². The lowest BCUT2D eigenvalue weighted by Gasteiger charge is -2.16. The van der Waals surface area contributed by atoms with Gasteiger partial charge in [0.15, 0.2) is 0 Å². The third kappa shape index (κ3) is 3.23. The van der Waals surface area contributed by atoms with E-state index in [0.717, 1.165) is 16.8 Å². The highest BCUT2D eigenvalue weighted by Crippen LogP contribution is 2.32. The van der Waals surface area contributed by atoms with Gasteiger partial charge in [-0.2, -0.15) is 0 Å². The van der Waals surface area contributed by atoms with Gasteiger partial charge in [-0.1, -0.05) is 53.1 Å². The first-order valence-electron chi connectivity index (χ1n) is 7.57. The van der Waals surface area contributed by atoms with Crippen LogP contribution in [-0.4, -0.2) is 18.2 Å². The van der Waals surface area contributed by atoms with Gasteiger partial charge in [0.05, 0.1) is 11.4 Å². The molecule has 0 saturated carbocycles. The van der Waals surface area contributed by atoms with Crippen LogP contribution in [0.15, 0.2) is 59.1 Å². The predicted octanol–water partition coefficient (Wildman–Crippen LogP) is 5.43. The van der Waals surface area contributed by atoms with Crippen LogP contribution in [0.5, 0.6) is 0 Å². The molecule has 2 aromatic rings. The summed E-state index contributed by atoms with van der Waals surface area (Å²) in [6.45, 7) is 4.51.